The number of ether oxygens (including phenoxy) is 1. The lowest BCUT2D eigenvalue weighted by Gasteiger charge is -2.32. The molecule has 0 spiro atoms. The zero-order chi connectivity index (χ0) is 20.4. The number of aromatic nitrogens is 4. The van der Waals surface area contributed by atoms with Crippen molar-refractivity contribution in [1.82, 2.24) is 19.9 Å². The number of amides is 1. The molecule has 1 aliphatic rings. The fourth-order valence-electron chi connectivity index (χ4n) is 3.36. The molecule has 3 heterocycles. The van der Waals surface area contributed by atoms with Gasteiger partial charge in [-0.05, 0) is 37.1 Å². The average Bonchev–Trinajstić information content (AvgIpc) is 3.17. The summed E-state index contributed by atoms with van der Waals surface area (Å²) in [5.74, 6) is -0.137. The molecule has 152 valence electrons. The molecule has 1 saturated heterocycles. The highest BCUT2D eigenvalue weighted by molar-refractivity contribution is 5.93. The Morgan fingerprint density at radius 1 is 1.21 bits per heavy atom. The van der Waals surface area contributed by atoms with E-state index < -0.39 is 6.36 Å². The first-order valence-electron chi connectivity index (χ1n) is 8.95. The number of carbonyl (C=O) groups excluding carboxylic acids is 1. The van der Waals surface area contributed by atoms with Gasteiger partial charge in [-0.1, -0.05) is 0 Å². The molecule has 0 saturated carbocycles. The standard InChI is InChI=1S/C18H17F3N6O2/c19-18(20,21)29-13-5-3-12(4-6-13)26-17(28)11-2-1-7-27(8-11)16-14-15(23-9-22-14)24-10-25-16/h3-6,9-11H,1-2,7-8H2,(H,26,28)(H,22,23,24,25)/t11-/m0/s1. The number of nitrogens with one attached hydrogen (secondary N) is 2. The van der Waals surface area contributed by atoms with Crippen molar-refractivity contribution in [3.63, 3.8) is 0 Å². The van der Waals surface area contributed by atoms with Gasteiger partial charge in [0.15, 0.2) is 11.5 Å². The van der Waals surface area contributed by atoms with Gasteiger partial charge in [0.2, 0.25) is 5.91 Å². The summed E-state index contributed by atoms with van der Waals surface area (Å²) < 4.78 is 40.5. The minimum Gasteiger partial charge on any atom is -0.406 e. The second-order valence-corrected chi connectivity index (χ2v) is 6.65. The first-order chi connectivity index (χ1) is 13.9. The molecule has 0 bridgehead atoms. The van der Waals surface area contributed by atoms with E-state index in [9.17, 15) is 18.0 Å². The predicted molar refractivity (Wildman–Crippen MR) is 98.4 cm³/mol. The number of nitrogens with zero attached hydrogens (tertiary/aromatic N) is 4. The van der Waals surface area contributed by atoms with E-state index in [2.05, 4.69) is 30.0 Å². The van der Waals surface area contributed by atoms with E-state index >= 15 is 0 Å². The summed E-state index contributed by atoms with van der Waals surface area (Å²) in [5, 5.41) is 2.75. The molecule has 1 atom stereocenters. The summed E-state index contributed by atoms with van der Waals surface area (Å²) in [6, 6.07) is 5.06. The van der Waals surface area contributed by atoms with Crippen LogP contribution in [0.25, 0.3) is 11.2 Å². The van der Waals surface area contributed by atoms with Crippen LogP contribution in [0.5, 0.6) is 5.75 Å². The van der Waals surface area contributed by atoms with Crippen LogP contribution in [0, 0.1) is 5.92 Å². The predicted octanol–water partition coefficient (Wildman–Crippen LogP) is 3.11. The van der Waals surface area contributed by atoms with E-state index in [0.717, 1.165) is 25.1 Å². The molecule has 0 aliphatic carbocycles. The van der Waals surface area contributed by atoms with Gasteiger partial charge in [-0.2, -0.15) is 0 Å². The molecule has 0 radical (unpaired) electrons. The summed E-state index contributed by atoms with van der Waals surface area (Å²) in [6.45, 7) is 1.21. The molecule has 1 amide bonds. The van der Waals surface area contributed by atoms with E-state index in [1.165, 1.54) is 18.5 Å². The van der Waals surface area contributed by atoms with Crippen molar-refractivity contribution in [3.05, 3.63) is 36.9 Å². The molecule has 1 aliphatic heterocycles. The maximum Gasteiger partial charge on any atom is 0.573 e. The monoisotopic (exact) mass is 406 g/mol. The fourth-order valence-corrected chi connectivity index (χ4v) is 3.36. The third kappa shape index (κ3) is 4.39. The van der Waals surface area contributed by atoms with Gasteiger partial charge in [0.25, 0.3) is 0 Å². The number of carbonyl (C=O) groups is 1. The molecular weight excluding hydrogens is 389 g/mol. The van der Waals surface area contributed by atoms with Gasteiger partial charge >= 0.3 is 6.36 Å². The Labute approximate surface area is 163 Å². The van der Waals surface area contributed by atoms with E-state index in [0.29, 0.717) is 35.6 Å². The maximum absolute atomic E-state index is 12.7. The van der Waals surface area contributed by atoms with Crippen molar-refractivity contribution in [2.75, 3.05) is 23.3 Å². The number of hydrogen-bond acceptors (Lipinski definition) is 6. The number of alkyl halides is 3. The number of rotatable bonds is 4. The SMILES string of the molecule is O=C(Nc1ccc(OC(F)(F)F)cc1)[C@H]1CCCN(c2ncnc3nc[nH]c23)C1. The first kappa shape index (κ1) is 19.0. The summed E-state index contributed by atoms with van der Waals surface area (Å²) in [7, 11) is 0. The van der Waals surface area contributed by atoms with Crippen LogP contribution >= 0.6 is 0 Å². The smallest absolute Gasteiger partial charge is 0.406 e. The van der Waals surface area contributed by atoms with E-state index in [1.54, 1.807) is 6.33 Å². The molecule has 0 unspecified atom stereocenters. The van der Waals surface area contributed by atoms with Crippen molar-refractivity contribution in [2.24, 2.45) is 5.92 Å². The van der Waals surface area contributed by atoms with Crippen LogP contribution in [0.1, 0.15) is 12.8 Å². The Balaban J connectivity index is 1.42. The third-order valence-electron chi connectivity index (χ3n) is 4.65. The Morgan fingerprint density at radius 3 is 2.76 bits per heavy atom. The van der Waals surface area contributed by atoms with E-state index in [1.807, 2.05) is 4.90 Å². The van der Waals surface area contributed by atoms with Gasteiger partial charge in [-0.25, -0.2) is 15.0 Å². The summed E-state index contributed by atoms with van der Waals surface area (Å²) in [6.07, 6.45) is -0.266. The molecule has 8 nitrogen and oxygen atoms in total. The summed E-state index contributed by atoms with van der Waals surface area (Å²) in [4.78, 5) is 30.2. The molecule has 2 aromatic heterocycles. The molecule has 3 aromatic rings. The highest BCUT2D eigenvalue weighted by Gasteiger charge is 2.31. The van der Waals surface area contributed by atoms with Crippen LogP contribution in [-0.4, -0.2) is 45.3 Å². The lowest BCUT2D eigenvalue weighted by atomic mass is 9.97. The van der Waals surface area contributed by atoms with Gasteiger partial charge in [-0.3, -0.25) is 4.79 Å². The van der Waals surface area contributed by atoms with Crippen molar-refractivity contribution in [1.29, 1.82) is 0 Å². The Hall–Kier alpha value is -3.37. The number of piperidine rings is 1. The van der Waals surface area contributed by atoms with Crippen LogP contribution in [0.3, 0.4) is 0 Å². The number of anilines is 2. The van der Waals surface area contributed by atoms with Gasteiger partial charge in [0.05, 0.1) is 12.2 Å². The zero-order valence-corrected chi connectivity index (χ0v) is 15.1. The van der Waals surface area contributed by atoms with Crippen LogP contribution < -0.4 is 15.0 Å². The average molecular weight is 406 g/mol. The van der Waals surface area contributed by atoms with Gasteiger partial charge < -0.3 is 19.9 Å². The summed E-state index contributed by atoms with van der Waals surface area (Å²) in [5.41, 5.74) is 1.68. The number of fused-ring (bicyclic) bond motifs is 1. The number of imidazole rings is 1. The lowest BCUT2D eigenvalue weighted by molar-refractivity contribution is -0.274. The fraction of sp³-hybridized carbons (Fsp3) is 0.333. The molecule has 1 fully saturated rings. The largest absolute Gasteiger partial charge is 0.573 e. The molecule has 4 rings (SSSR count). The number of hydrogen-bond donors (Lipinski definition) is 2. The van der Waals surface area contributed by atoms with Crippen molar-refractivity contribution < 1.29 is 22.7 Å². The maximum atomic E-state index is 12.7. The van der Waals surface area contributed by atoms with Crippen LogP contribution in [0.15, 0.2) is 36.9 Å². The normalized spacial score (nSPS) is 17.3. The minimum atomic E-state index is -4.75. The van der Waals surface area contributed by atoms with Crippen LogP contribution in [-0.2, 0) is 4.79 Å². The van der Waals surface area contributed by atoms with E-state index in [-0.39, 0.29) is 17.6 Å². The van der Waals surface area contributed by atoms with Crippen LogP contribution in [0.2, 0.25) is 0 Å². The summed E-state index contributed by atoms with van der Waals surface area (Å²) >= 11 is 0. The molecule has 11 heteroatoms. The van der Waals surface area contributed by atoms with Crippen molar-refractivity contribution in [3.8, 4) is 5.75 Å². The molecule has 29 heavy (non-hydrogen) atoms. The topological polar surface area (TPSA) is 96.0 Å². The third-order valence-corrected chi connectivity index (χ3v) is 4.65. The molecular formula is C18H17F3N6O2. The Kier molecular flexibility index (Phi) is 4.95. The molecule has 2 N–H and O–H groups in total. The molecule has 1 aromatic carbocycles. The number of aromatic amines is 1. The van der Waals surface area contributed by atoms with Gasteiger partial charge in [0.1, 0.15) is 17.6 Å². The van der Waals surface area contributed by atoms with Gasteiger partial charge in [0, 0.05) is 18.8 Å². The first-order valence-corrected chi connectivity index (χ1v) is 8.95. The zero-order valence-electron chi connectivity index (χ0n) is 15.1. The minimum absolute atomic E-state index is 0.200. The van der Waals surface area contributed by atoms with Gasteiger partial charge in [-0.15, -0.1) is 13.2 Å². The Morgan fingerprint density at radius 2 is 2.00 bits per heavy atom. The second kappa shape index (κ2) is 7.57. The number of halogens is 3. The van der Waals surface area contributed by atoms with Crippen molar-refractivity contribution in [2.45, 2.75) is 19.2 Å². The van der Waals surface area contributed by atoms with Crippen LogP contribution in [0.4, 0.5) is 24.7 Å². The highest BCUT2D eigenvalue weighted by Crippen LogP contribution is 2.27. The quantitative estimate of drug-likeness (QED) is 0.691. The lowest BCUT2D eigenvalue weighted by Crippen LogP contribution is -2.41. The number of benzene rings is 1. The highest BCUT2D eigenvalue weighted by atomic mass is 19.4. The number of H-pyrrole nitrogens is 1. The second-order valence-electron chi connectivity index (χ2n) is 6.65. The van der Waals surface area contributed by atoms with E-state index in [4.69, 9.17) is 0 Å². The van der Waals surface area contributed by atoms with Crippen molar-refractivity contribution >= 4 is 28.6 Å². The Bertz CT molecular complexity index is 1000.